The van der Waals surface area contributed by atoms with Crippen molar-refractivity contribution < 1.29 is 8.85 Å². The van der Waals surface area contributed by atoms with Gasteiger partial charge in [-0.15, -0.1) is 0 Å². The van der Waals surface area contributed by atoms with Crippen LogP contribution >= 0.6 is 12.6 Å². The molecule has 4 heteroatoms. The zero-order valence-corrected chi connectivity index (χ0v) is 15.3. The fourth-order valence-corrected chi connectivity index (χ4v) is 5.10. The maximum absolute atomic E-state index is 6.04. The molecular weight excluding hydrogens is 272 g/mol. The van der Waals surface area contributed by atoms with Crippen LogP contribution in [0.2, 0.25) is 12.6 Å². The summed E-state index contributed by atoms with van der Waals surface area (Å²) in [5.74, 6) is 0. The Kier molecular flexibility index (Phi) is 12.6. The van der Waals surface area contributed by atoms with E-state index in [1.807, 2.05) is 0 Å². The highest BCUT2D eigenvalue weighted by molar-refractivity contribution is 7.80. The van der Waals surface area contributed by atoms with Gasteiger partial charge in [-0.25, -0.2) is 0 Å². The highest BCUT2D eigenvalue weighted by Gasteiger charge is 2.31. The van der Waals surface area contributed by atoms with Gasteiger partial charge in [0.15, 0.2) is 0 Å². The topological polar surface area (TPSA) is 18.5 Å². The van der Waals surface area contributed by atoms with Gasteiger partial charge in [0.2, 0.25) is 0 Å². The third kappa shape index (κ3) is 10.9. The average molecular weight is 307 g/mol. The molecule has 0 amide bonds. The van der Waals surface area contributed by atoms with E-state index in [1.54, 1.807) is 0 Å². The van der Waals surface area contributed by atoms with Crippen molar-refractivity contribution in [1.82, 2.24) is 0 Å². The van der Waals surface area contributed by atoms with E-state index in [-0.39, 0.29) is 0 Å². The second-order valence-electron chi connectivity index (χ2n) is 5.52. The van der Waals surface area contributed by atoms with Crippen LogP contribution < -0.4 is 0 Å². The summed E-state index contributed by atoms with van der Waals surface area (Å²) < 4.78 is 12.1. The summed E-state index contributed by atoms with van der Waals surface area (Å²) in [6, 6.07) is 1.08. The molecule has 0 saturated heterocycles. The van der Waals surface area contributed by atoms with Gasteiger partial charge in [-0.3, -0.25) is 0 Å². The van der Waals surface area contributed by atoms with Crippen LogP contribution in [0.4, 0.5) is 0 Å². The summed E-state index contributed by atoms with van der Waals surface area (Å²) in [6.45, 7) is 10.4. The van der Waals surface area contributed by atoms with E-state index < -0.39 is 8.56 Å². The van der Waals surface area contributed by atoms with Gasteiger partial charge in [0.25, 0.3) is 0 Å². The Hall–Kier alpha value is 0.487. The summed E-state index contributed by atoms with van der Waals surface area (Å²) in [5.41, 5.74) is 0. The summed E-state index contributed by atoms with van der Waals surface area (Å²) in [4.78, 5) is 0. The monoisotopic (exact) mass is 306 g/mol. The fourth-order valence-electron chi connectivity index (χ4n) is 2.03. The number of unbranched alkanes of at least 4 members (excludes halogenated alkanes) is 2. The number of hydrogen-bond donors (Lipinski definition) is 1. The minimum Gasteiger partial charge on any atom is -0.394 e. The predicted octanol–water partition coefficient (Wildman–Crippen LogP) is 5.18. The first-order chi connectivity index (χ1) is 9.08. The number of rotatable bonds is 13. The van der Waals surface area contributed by atoms with Gasteiger partial charge in [-0.05, 0) is 38.3 Å². The number of thiol groups is 1. The molecule has 0 fully saturated rings. The molecule has 0 aromatic rings. The van der Waals surface area contributed by atoms with E-state index in [9.17, 15) is 0 Å². The van der Waals surface area contributed by atoms with E-state index in [2.05, 4.69) is 27.3 Å². The third-order valence-corrected chi connectivity index (χ3v) is 6.64. The van der Waals surface area contributed by atoms with Crippen molar-refractivity contribution in [3.8, 4) is 0 Å². The van der Waals surface area contributed by atoms with Crippen molar-refractivity contribution in [1.29, 1.82) is 0 Å². The van der Waals surface area contributed by atoms with Crippen LogP contribution in [0.25, 0.3) is 0 Å². The summed E-state index contributed by atoms with van der Waals surface area (Å²) in [6.07, 6.45) is 8.40. The van der Waals surface area contributed by atoms with Crippen molar-refractivity contribution in [3.05, 3.63) is 0 Å². The summed E-state index contributed by atoms with van der Waals surface area (Å²) in [5, 5.41) is 0.508. The van der Waals surface area contributed by atoms with Gasteiger partial charge >= 0.3 is 8.56 Å². The van der Waals surface area contributed by atoms with Crippen molar-refractivity contribution >= 4 is 21.2 Å². The lowest BCUT2D eigenvalue weighted by Crippen LogP contribution is -2.39. The molecule has 0 aliphatic heterocycles. The molecule has 0 radical (unpaired) electrons. The molecule has 0 saturated carbocycles. The highest BCUT2D eigenvalue weighted by atomic mass is 32.1. The van der Waals surface area contributed by atoms with Crippen molar-refractivity contribution in [2.24, 2.45) is 0 Å². The molecule has 2 nitrogen and oxygen atoms in total. The Morgan fingerprint density at radius 3 is 1.95 bits per heavy atom. The maximum Gasteiger partial charge on any atom is 0.334 e. The van der Waals surface area contributed by atoms with Crippen LogP contribution in [0.3, 0.4) is 0 Å². The second kappa shape index (κ2) is 12.2. The van der Waals surface area contributed by atoms with Crippen LogP contribution in [-0.4, -0.2) is 27.0 Å². The second-order valence-corrected chi connectivity index (χ2v) is 9.59. The molecule has 0 aromatic heterocycles. The first kappa shape index (κ1) is 19.5. The lowest BCUT2D eigenvalue weighted by atomic mass is 10.1. The van der Waals surface area contributed by atoms with E-state index in [0.29, 0.717) is 5.25 Å². The van der Waals surface area contributed by atoms with Crippen LogP contribution in [0.15, 0.2) is 0 Å². The minimum absolute atomic E-state index is 0.508. The molecular formula is C15H34O2SSi. The van der Waals surface area contributed by atoms with E-state index in [4.69, 9.17) is 21.5 Å². The molecule has 0 rings (SSSR count). The lowest BCUT2D eigenvalue weighted by molar-refractivity contribution is 0.172. The molecule has 1 unspecified atom stereocenters. The highest BCUT2D eigenvalue weighted by Crippen LogP contribution is 2.22. The summed E-state index contributed by atoms with van der Waals surface area (Å²) >= 11 is 4.71. The number of hydrogen-bond acceptors (Lipinski definition) is 3. The van der Waals surface area contributed by atoms with Crippen LogP contribution in [0.1, 0.15) is 65.7 Å². The molecule has 0 aliphatic rings. The molecule has 0 N–H and O–H groups in total. The maximum atomic E-state index is 6.04. The quantitative estimate of drug-likeness (QED) is 0.287. The van der Waals surface area contributed by atoms with Gasteiger partial charge in [-0.1, -0.05) is 40.0 Å². The lowest BCUT2D eigenvalue weighted by Gasteiger charge is -2.28. The van der Waals surface area contributed by atoms with Crippen molar-refractivity contribution in [2.75, 3.05) is 13.2 Å². The largest absolute Gasteiger partial charge is 0.394 e. The Morgan fingerprint density at radius 1 is 0.895 bits per heavy atom. The molecule has 19 heavy (non-hydrogen) atoms. The Morgan fingerprint density at radius 2 is 1.47 bits per heavy atom. The smallest absolute Gasteiger partial charge is 0.334 e. The predicted molar refractivity (Wildman–Crippen MR) is 90.4 cm³/mol. The van der Waals surface area contributed by atoms with Gasteiger partial charge in [-0.2, -0.15) is 12.6 Å². The fraction of sp³-hybridized carbons (Fsp3) is 1.00. The minimum atomic E-state index is -1.95. The van der Waals surface area contributed by atoms with Crippen molar-refractivity contribution in [2.45, 2.75) is 83.6 Å². The molecule has 0 bridgehead atoms. The molecule has 0 spiro atoms. The normalized spacial score (nSPS) is 13.7. The van der Waals surface area contributed by atoms with Crippen LogP contribution in [0.5, 0.6) is 0 Å². The standard InChI is InChI=1S/C15H34O2SSi/c1-5-8-9-10-15(18)11-14-19(4,16-12-6-2)17-13-7-3/h15,18H,5-14H2,1-4H3. The van der Waals surface area contributed by atoms with Gasteiger partial charge in [0, 0.05) is 18.5 Å². The Labute approximate surface area is 127 Å². The first-order valence-corrected chi connectivity index (χ1v) is 11.1. The van der Waals surface area contributed by atoms with Crippen LogP contribution in [-0.2, 0) is 8.85 Å². The molecule has 0 aliphatic carbocycles. The van der Waals surface area contributed by atoms with E-state index in [0.717, 1.165) is 38.5 Å². The van der Waals surface area contributed by atoms with Gasteiger partial charge in [0.1, 0.15) is 0 Å². The van der Waals surface area contributed by atoms with E-state index >= 15 is 0 Å². The summed E-state index contributed by atoms with van der Waals surface area (Å²) in [7, 11) is -1.95. The average Bonchev–Trinajstić information content (AvgIpc) is 2.41. The zero-order valence-electron chi connectivity index (χ0n) is 13.4. The molecule has 0 aromatic carbocycles. The Balaban J connectivity index is 4.01. The molecule has 1 atom stereocenters. The zero-order chi connectivity index (χ0) is 14.6. The first-order valence-electron chi connectivity index (χ1n) is 8.04. The van der Waals surface area contributed by atoms with E-state index in [1.165, 1.54) is 25.7 Å². The molecule has 116 valence electrons. The third-order valence-electron chi connectivity index (χ3n) is 3.30. The SMILES string of the molecule is CCCCCC(S)CC[Si](C)(OCCC)OCCC. The molecule has 0 heterocycles. The Bertz CT molecular complexity index is 195. The van der Waals surface area contributed by atoms with Gasteiger partial charge < -0.3 is 8.85 Å². The van der Waals surface area contributed by atoms with Gasteiger partial charge in [0.05, 0.1) is 0 Å². The van der Waals surface area contributed by atoms with Crippen molar-refractivity contribution in [3.63, 3.8) is 0 Å². The van der Waals surface area contributed by atoms with Crippen LogP contribution in [0, 0.1) is 0 Å².